The van der Waals surface area contributed by atoms with E-state index in [0.717, 1.165) is 0 Å². The quantitative estimate of drug-likeness (QED) is 0.799. The van der Waals surface area contributed by atoms with E-state index in [4.69, 9.17) is 10.5 Å². The molecule has 0 radical (unpaired) electrons. The molecule has 0 unspecified atom stereocenters. The number of anilines is 1. The molecule has 1 heterocycles. The minimum atomic E-state index is -0.449. The Labute approximate surface area is 86.4 Å². The van der Waals surface area contributed by atoms with E-state index in [-0.39, 0.29) is 6.54 Å². The molecule has 1 aromatic carbocycles. The van der Waals surface area contributed by atoms with Crippen molar-refractivity contribution in [2.75, 3.05) is 18.1 Å². The zero-order valence-electron chi connectivity index (χ0n) is 8.07. The van der Waals surface area contributed by atoms with Gasteiger partial charge in [-0.1, -0.05) is 6.07 Å². The second-order valence-electron chi connectivity index (χ2n) is 3.21. The molecular formula is C10H11FN2O2. The maximum Gasteiger partial charge on any atom is 0.414 e. The maximum atomic E-state index is 13.4. The Morgan fingerprint density at radius 1 is 1.53 bits per heavy atom. The molecule has 2 rings (SSSR count). The van der Waals surface area contributed by atoms with Crippen molar-refractivity contribution in [3.8, 4) is 0 Å². The molecule has 0 spiro atoms. The van der Waals surface area contributed by atoms with Crippen LogP contribution in [0, 0.1) is 5.82 Å². The van der Waals surface area contributed by atoms with Crippen LogP contribution < -0.4 is 10.6 Å². The Bertz CT molecular complexity index is 395. The maximum absolute atomic E-state index is 13.4. The molecule has 1 fully saturated rings. The highest BCUT2D eigenvalue weighted by atomic mass is 19.1. The normalized spacial score (nSPS) is 15.6. The van der Waals surface area contributed by atoms with Gasteiger partial charge in [0.25, 0.3) is 0 Å². The van der Waals surface area contributed by atoms with Crippen LogP contribution >= 0.6 is 0 Å². The number of amides is 1. The number of carbonyl (C=O) groups is 1. The Morgan fingerprint density at radius 2 is 2.33 bits per heavy atom. The molecule has 0 aliphatic carbocycles. The largest absolute Gasteiger partial charge is 0.447 e. The number of hydrogen-bond acceptors (Lipinski definition) is 3. The standard InChI is InChI=1S/C10H11FN2O2/c11-8-2-1-3-9(7(8)6-12)13-4-5-15-10(13)14/h1-3H,4-6,12H2. The van der Waals surface area contributed by atoms with Crippen LogP contribution in [0.15, 0.2) is 18.2 Å². The molecule has 0 bridgehead atoms. The molecule has 5 heteroatoms. The Morgan fingerprint density at radius 3 is 2.93 bits per heavy atom. The van der Waals surface area contributed by atoms with E-state index in [1.807, 2.05) is 0 Å². The number of nitrogens with zero attached hydrogens (tertiary/aromatic N) is 1. The van der Waals surface area contributed by atoms with Crippen molar-refractivity contribution in [2.24, 2.45) is 5.73 Å². The molecule has 0 saturated carbocycles. The highest BCUT2D eigenvalue weighted by Gasteiger charge is 2.26. The van der Waals surface area contributed by atoms with Crippen molar-refractivity contribution in [2.45, 2.75) is 6.54 Å². The highest BCUT2D eigenvalue weighted by molar-refractivity contribution is 5.90. The predicted molar refractivity (Wildman–Crippen MR) is 53.0 cm³/mol. The summed E-state index contributed by atoms with van der Waals surface area (Å²) in [6.45, 7) is 0.834. The zero-order valence-corrected chi connectivity index (χ0v) is 8.07. The topological polar surface area (TPSA) is 55.6 Å². The van der Waals surface area contributed by atoms with Crippen molar-refractivity contribution in [1.29, 1.82) is 0 Å². The van der Waals surface area contributed by atoms with Gasteiger partial charge in [0.1, 0.15) is 12.4 Å². The molecule has 0 aromatic heterocycles. The van der Waals surface area contributed by atoms with Gasteiger partial charge in [-0.3, -0.25) is 4.90 Å². The summed E-state index contributed by atoms with van der Waals surface area (Å²) >= 11 is 0. The lowest BCUT2D eigenvalue weighted by molar-refractivity contribution is 0.181. The summed E-state index contributed by atoms with van der Waals surface area (Å²) in [6, 6.07) is 4.54. The van der Waals surface area contributed by atoms with Crippen molar-refractivity contribution in [3.05, 3.63) is 29.6 Å². The number of nitrogens with two attached hydrogens (primary N) is 1. The number of rotatable bonds is 2. The molecule has 80 valence electrons. The minimum absolute atomic E-state index is 0.0613. The van der Waals surface area contributed by atoms with Crippen molar-refractivity contribution in [3.63, 3.8) is 0 Å². The molecule has 1 aliphatic heterocycles. The molecule has 15 heavy (non-hydrogen) atoms. The fourth-order valence-corrected chi connectivity index (χ4v) is 1.61. The van der Waals surface area contributed by atoms with Crippen LogP contribution in [0.25, 0.3) is 0 Å². The van der Waals surface area contributed by atoms with Gasteiger partial charge < -0.3 is 10.5 Å². The monoisotopic (exact) mass is 210 g/mol. The van der Waals surface area contributed by atoms with Crippen LogP contribution in [0.1, 0.15) is 5.56 Å². The lowest BCUT2D eigenvalue weighted by Crippen LogP contribution is -2.25. The average Bonchev–Trinajstić information content (AvgIpc) is 2.64. The Balaban J connectivity index is 2.42. The number of cyclic esters (lactones) is 1. The third-order valence-corrected chi connectivity index (χ3v) is 2.35. The van der Waals surface area contributed by atoms with E-state index in [1.165, 1.54) is 11.0 Å². The molecule has 0 atom stereocenters. The van der Waals surface area contributed by atoms with Gasteiger partial charge in [0.15, 0.2) is 0 Å². The summed E-state index contributed by atoms with van der Waals surface area (Å²) in [6.07, 6.45) is -0.449. The van der Waals surface area contributed by atoms with E-state index in [2.05, 4.69) is 0 Å². The summed E-state index contributed by atoms with van der Waals surface area (Å²) in [7, 11) is 0. The van der Waals surface area contributed by atoms with Crippen LogP contribution in [0.2, 0.25) is 0 Å². The van der Waals surface area contributed by atoms with E-state index in [9.17, 15) is 9.18 Å². The van der Waals surface area contributed by atoms with Gasteiger partial charge in [0.2, 0.25) is 0 Å². The van der Waals surface area contributed by atoms with Crippen LogP contribution in [-0.4, -0.2) is 19.2 Å². The minimum Gasteiger partial charge on any atom is -0.447 e. The van der Waals surface area contributed by atoms with Crippen LogP contribution in [0.4, 0.5) is 14.9 Å². The number of benzene rings is 1. The van der Waals surface area contributed by atoms with Crippen molar-refractivity contribution in [1.82, 2.24) is 0 Å². The van der Waals surface area contributed by atoms with Crippen LogP contribution in [0.3, 0.4) is 0 Å². The Kier molecular flexibility index (Phi) is 2.55. The highest BCUT2D eigenvalue weighted by Crippen LogP contribution is 2.25. The number of carbonyl (C=O) groups excluding carboxylic acids is 1. The van der Waals surface area contributed by atoms with Gasteiger partial charge in [-0.2, -0.15) is 0 Å². The fourth-order valence-electron chi connectivity index (χ4n) is 1.61. The van der Waals surface area contributed by atoms with Crippen LogP contribution in [0.5, 0.6) is 0 Å². The van der Waals surface area contributed by atoms with Crippen molar-refractivity contribution < 1.29 is 13.9 Å². The third kappa shape index (κ3) is 1.66. The number of ether oxygens (including phenoxy) is 1. The van der Waals surface area contributed by atoms with Crippen molar-refractivity contribution >= 4 is 11.8 Å². The van der Waals surface area contributed by atoms with E-state index in [1.54, 1.807) is 12.1 Å². The Hall–Kier alpha value is -1.62. The lowest BCUT2D eigenvalue weighted by atomic mass is 10.1. The molecule has 1 amide bonds. The predicted octanol–water partition coefficient (Wildman–Crippen LogP) is 1.24. The first-order valence-electron chi connectivity index (χ1n) is 4.66. The zero-order chi connectivity index (χ0) is 10.8. The smallest absolute Gasteiger partial charge is 0.414 e. The van der Waals surface area contributed by atoms with Crippen LogP contribution in [-0.2, 0) is 11.3 Å². The second-order valence-corrected chi connectivity index (χ2v) is 3.21. The summed E-state index contributed by atoms with van der Waals surface area (Å²) in [5, 5.41) is 0. The van der Waals surface area contributed by atoms with E-state index in [0.29, 0.717) is 24.4 Å². The average molecular weight is 210 g/mol. The third-order valence-electron chi connectivity index (χ3n) is 2.35. The van der Waals surface area contributed by atoms with Gasteiger partial charge in [-0.15, -0.1) is 0 Å². The van der Waals surface area contributed by atoms with Gasteiger partial charge in [0, 0.05) is 12.1 Å². The molecule has 1 aromatic rings. The first-order valence-corrected chi connectivity index (χ1v) is 4.66. The SMILES string of the molecule is NCc1c(F)cccc1N1CCOC1=O. The molecule has 1 saturated heterocycles. The van der Waals surface area contributed by atoms with E-state index < -0.39 is 11.9 Å². The summed E-state index contributed by atoms with van der Waals surface area (Å²) in [5.41, 5.74) is 6.29. The second kappa shape index (κ2) is 3.86. The summed E-state index contributed by atoms with van der Waals surface area (Å²) < 4.78 is 18.2. The van der Waals surface area contributed by atoms with Gasteiger partial charge in [0.05, 0.1) is 12.2 Å². The molecule has 4 nitrogen and oxygen atoms in total. The number of halogens is 1. The fraction of sp³-hybridized carbons (Fsp3) is 0.300. The van der Waals surface area contributed by atoms with Gasteiger partial charge in [-0.05, 0) is 12.1 Å². The molecular weight excluding hydrogens is 199 g/mol. The molecule has 2 N–H and O–H groups in total. The number of hydrogen-bond donors (Lipinski definition) is 1. The molecule has 1 aliphatic rings. The van der Waals surface area contributed by atoms with Gasteiger partial charge in [-0.25, -0.2) is 9.18 Å². The lowest BCUT2D eigenvalue weighted by Gasteiger charge is -2.16. The summed E-state index contributed by atoms with van der Waals surface area (Å²) in [4.78, 5) is 12.7. The first kappa shape index (κ1) is 9.92. The summed E-state index contributed by atoms with van der Waals surface area (Å²) in [5.74, 6) is -0.394. The first-order chi connectivity index (χ1) is 7.24. The van der Waals surface area contributed by atoms with Gasteiger partial charge >= 0.3 is 6.09 Å². The van der Waals surface area contributed by atoms with E-state index >= 15 is 0 Å².